The monoisotopic (exact) mass is 443 g/mol. The molecule has 4 amide bonds. The molecule has 3 aliphatic rings. The van der Waals surface area contributed by atoms with Gasteiger partial charge < -0.3 is 9.64 Å². The molecule has 2 N–H and O–H groups in total. The molecule has 8 nitrogen and oxygen atoms in total. The molecule has 3 aliphatic heterocycles. The summed E-state index contributed by atoms with van der Waals surface area (Å²) in [5.74, 6) is -5.28. The Hall–Kier alpha value is -3.02. The molecule has 0 unspecified atom stereocenters. The second kappa shape index (κ2) is 6.74. The molecule has 0 aromatic heterocycles. The smallest absolute Gasteiger partial charge is 0.372 e. The molecule has 0 bridgehead atoms. The van der Waals surface area contributed by atoms with E-state index in [0.29, 0.717) is 6.07 Å². The second-order valence-electron chi connectivity index (χ2n) is 7.93. The molecule has 2 fully saturated rings. The fourth-order valence-electron chi connectivity index (χ4n) is 4.83. The first-order chi connectivity index (χ1) is 14.4. The van der Waals surface area contributed by atoms with Gasteiger partial charge in [0.05, 0.1) is 23.9 Å². The molecule has 1 aromatic carbocycles. The van der Waals surface area contributed by atoms with Crippen molar-refractivity contribution in [2.24, 2.45) is 5.41 Å². The largest absolute Gasteiger partial charge is 0.454 e. The molecule has 0 aliphatic carbocycles. The molecule has 0 radical (unpaired) electrons. The third kappa shape index (κ3) is 3.08. The molecule has 2 saturated heterocycles. The van der Waals surface area contributed by atoms with Crippen molar-refractivity contribution in [1.29, 1.82) is 0 Å². The summed E-state index contributed by atoms with van der Waals surface area (Å²) in [6.07, 6.45) is -6.98. The standard InChI is InChI=1S/C19H17F4N3O5/c1-7-6-26-12-10(3-9(4-11(12)20)14(27)19(21,22)23)5-18(13(26)8(2)31-7)15(28)24-17(30)25-16(18)29/h3-4,7-8,13H,5-6H2,1-2H3,(H2,24,25,28,29,30)/t7-,8+,13-/m1/s1. The van der Waals surface area contributed by atoms with E-state index in [0.717, 1.165) is 6.07 Å². The van der Waals surface area contributed by atoms with Crippen LogP contribution in [0.3, 0.4) is 0 Å². The fraction of sp³-hybridized carbons (Fsp3) is 0.474. The van der Waals surface area contributed by atoms with Gasteiger partial charge in [0.25, 0.3) is 5.78 Å². The van der Waals surface area contributed by atoms with Crippen LogP contribution in [0.25, 0.3) is 0 Å². The number of Topliss-reactive ketones (excluding diaryl/α,β-unsaturated/α-hetero) is 1. The van der Waals surface area contributed by atoms with Crippen LogP contribution in [-0.4, -0.2) is 54.6 Å². The average molecular weight is 443 g/mol. The summed E-state index contributed by atoms with van der Waals surface area (Å²) in [5.41, 5.74) is -3.15. The Morgan fingerprint density at radius 1 is 1.16 bits per heavy atom. The van der Waals surface area contributed by atoms with E-state index in [-0.39, 0.29) is 17.8 Å². The number of ketones is 1. The lowest BCUT2D eigenvalue weighted by Crippen LogP contribution is -2.75. The number of hydrogen-bond acceptors (Lipinski definition) is 6. The number of urea groups is 1. The van der Waals surface area contributed by atoms with Crippen molar-refractivity contribution in [1.82, 2.24) is 10.6 Å². The van der Waals surface area contributed by atoms with Crippen molar-refractivity contribution in [3.8, 4) is 0 Å². The number of carbonyl (C=O) groups excluding carboxylic acids is 4. The van der Waals surface area contributed by atoms with E-state index in [4.69, 9.17) is 4.74 Å². The van der Waals surface area contributed by atoms with Crippen LogP contribution in [0.1, 0.15) is 29.8 Å². The summed E-state index contributed by atoms with van der Waals surface area (Å²) in [6.45, 7) is 3.29. The molecule has 4 rings (SSSR count). The van der Waals surface area contributed by atoms with Gasteiger partial charge in [-0.2, -0.15) is 13.2 Å². The number of carbonyl (C=O) groups is 4. The summed E-state index contributed by atoms with van der Waals surface area (Å²) in [5, 5.41) is 4.02. The third-order valence-electron chi connectivity index (χ3n) is 5.87. The highest BCUT2D eigenvalue weighted by Gasteiger charge is 2.63. The number of benzene rings is 1. The van der Waals surface area contributed by atoms with Crippen LogP contribution in [0.2, 0.25) is 0 Å². The number of ether oxygens (including phenoxy) is 1. The van der Waals surface area contributed by atoms with Crippen LogP contribution < -0.4 is 15.5 Å². The van der Waals surface area contributed by atoms with Crippen LogP contribution >= 0.6 is 0 Å². The normalized spacial score (nSPS) is 27.4. The number of nitrogens with one attached hydrogen (secondary N) is 2. The number of halogens is 4. The van der Waals surface area contributed by atoms with Crippen molar-refractivity contribution >= 4 is 29.3 Å². The lowest BCUT2D eigenvalue weighted by molar-refractivity contribution is -0.153. The van der Waals surface area contributed by atoms with Crippen molar-refractivity contribution in [3.63, 3.8) is 0 Å². The predicted molar refractivity (Wildman–Crippen MR) is 95.7 cm³/mol. The molecule has 1 spiro atoms. The molecule has 31 heavy (non-hydrogen) atoms. The van der Waals surface area contributed by atoms with Gasteiger partial charge in [0.15, 0.2) is 5.41 Å². The zero-order chi connectivity index (χ0) is 22.9. The number of morpholine rings is 1. The number of nitrogens with zero attached hydrogens (tertiary/aromatic N) is 1. The van der Waals surface area contributed by atoms with Gasteiger partial charge in [0, 0.05) is 18.5 Å². The maximum absolute atomic E-state index is 15.1. The molecular weight excluding hydrogens is 426 g/mol. The van der Waals surface area contributed by atoms with Crippen molar-refractivity contribution in [3.05, 3.63) is 29.1 Å². The zero-order valence-corrected chi connectivity index (χ0v) is 16.3. The van der Waals surface area contributed by atoms with Crippen molar-refractivity contribution in [2.75, 3.05) is 11.4 Å². The van der Waals surface area contributed by atoms with Crippen LogP contribution in [0.5, 0.6) is 0 Å². The number of alkyl halides is 3. The minimum atomic E-state index is -5.23. The van der Waals surface area contributed by atoms with Gasteiger partial charge in [0.1, 0.15) is 5.82 Å². The highest BCUT2D eigenvalue weighted by atomic mass is 19.4. The summed E-state index contributed by atoms with van der Waals surface area (Å²) in [7, 11) is 0. The van der Waals surface area contributed by atoms with Gasteiger partial charge in [-0.15, -0.1) is 0 Å². The average Bonchev–Trinajstić information content (AvgIpc) is 2.63. The number of anilines is 1. The maximum atomic E-state index is 15.1. The van der Waals surface area contributed by atoms with E-state index in [2.05, 4.69) is 0 Å². The Bertz CT molecular complexity index is 1000. The first-order valence-electron chi connectivity index (χ1n) is 9.39. The van der Waals surface area contributed by atoms with Gasteiger partial charge in [-0.05, 0) is 31.5 Å². The van der Waals surface area contributed by atoms with E-state index in [9.17, 15) is 32.3 Å². The highest BCUT2D eigenvalue weighted by Crippen LogP contribution is 2.48. The molecule has 3 atom stereocenters. The minimum absolute atomic E-state index is 0.0295. The molecule has 12 heteroatoms. The number of fused-ring (bicyclic) bond motifs is 4. The van der Waals surface area contributed by atoms with Crippen LogP contribution in [0.15, 0.2) is 12.1 Å². The van der Waals surface area contributed by atoms with Gasteiger partial charge in [-0.25, -0.2) is 9.18 Å². The fourth-order valence-corrected chi connectivity index (χ4v) is 4.83. The molecule has 166 valence electrons. The number of barbiturate groups is 1. The van der Waals surface area contributed by atoms with E-state index in [1.165, 1.54) is 4.90 Å². The topological polar surface area (TPSA) is 105 Å². The number of amides is 4. The lowest BCUT2D eigenvalue weighted by Gasteiger charge is -2.55. The van der Waals surface area contributed by atoms with Gasteiger partial charge >= 0.3 is 12.2 Å². The Labute approximate surface area is 172 Å². The number of rotatable bonds is 1. The summed E-state index contributed by atoms with van der Waals surface area (Å²) in [4.78, 5) is 50.6. The second-order valence-corrected chi connectivity index (χ2v) is 7.93. The molecular formula is C19H17F4N3O5. The number of imide groups is 2. The Morgan fingerprint density at radius 2 is 1.77 bits per heavy atom. The van der Waals surface area contributed by atoms with E-state index < -0.39 is 71.3 Å². The van der Waals surface area contributed by atoms with E-state index in [1.54, 1.807) is 13.8 Å². The Balaban J connectivity index is 1.93. The highest BCUT2D eigenvalue weighted by molar-refractivity contribution is 6.20. The SMILES string of the molecule is C[C@@H]1CN2c3c(F)cc(C(=O)C(F)(F)F)cc3CC3(C(=O)NC(=O)NC3=O)[C@H]2[C@H](C)O1. The predicted octanol–water partition coefficient (Wildman–Crippen LogP) is 1.46. The van der Waals surface area contributed by atoms with Crippen LogP contribution in [0, 0.1) is 11.2 Å². The van der Waals surface area contributed by atoms with Gasteiger partial charge in [-0.3, -0.25) is 25.0 Å². The summed E-state index contributed by atoms with van der Waals surface area (Å²) < 4.78 is 59.6. The first-order valence-corrected chi connectivity index (χ1v) is 9.39. The summed E-state index contributed by atoms with van der Waals surface area (Å²) in [6, 6.07) is -0.738. The summed E-state index contributed by atoms with van der Waals surface area (Å²) >= 11 is 0. The maximum Gasteiger partial charge on any atom is 0.454 e. The van der Waals surface area contributed by atoms with Crippen LogP contribution in [0.4, 0.5) is 28.0 Å². The van der Waals surface area contributed by atoms with Crippen LogP contribution in [-0.2, 0) is 20.7 Å². The minimum Gasteiger partial charge on any atom is -0.372 e. The quantitative estimate of drug-likeness (QED) is 0.387. The van der Waals surface area contributed by atoms with E-state index in [1.807, 2.05) is 10.6 Å². The zero-order valence-electron chi connectivity index (χ0n) is 16.3. The van der Waals surface area contributed by atoms with Gasteiger partial charge in [0.2, 0.25) is 11.8 Å². The van der Waals surface area contributed by atoms with Crippen molar-refractivity contribution < 1.29 is 41.5 Å². The van der Waals surface area contributed by atoms with E-state index >= 15 is 4.39 Å². The van der Waals surface area contributed by atoms with Crippen molar-refractivity contribution in [2.45, 2.75) is 44.7 Å². The third-order valence-corrected chi connectivity index (χ3v) is 5.87. The molecule has 1 aromatic rings. The molecule has 3 heterocycles. The van der Waals surface area contributed by atoms with Gasteiger partial charge in [-0.1, -0.05) is 0 Å². The Morgan fingerprint density at radius 3 is 2.35 bits per heavy atom. The lowest BCUT2D eigenvalue weighted by atomic mass is 9.66. The Kier molecular flexibility index (Phi) is 4.61. The first kappa shape index (κ1) is 21.2. The molecule has 0 saturated carbocycles. The number of hydrogen-bond donors (Lipinski definition) is 2.